The number of nitrogens with zero attached hydrogens (tertiary/aromatic N) is 1. The zero-order valence-corrected chi connectivity index (χ0v) is 14.5. The largest absolute Gasteiger partial charge is 0.507 e. The molecule has 0 unspecified atom stereocenters. The minimum Gasteiger partial charge on any atom is -0.507 e. The van der Waals surface area contributed by atoms with Gasteiger partial charge < -0.3 is 5.11 Å². The Balaban J connectivity index is 1.91. The third-order valence-electron chi connectivity index (χ3n) is 4.51. The molecule has 2 aromatic carbocycles. The summed E-state index contributed by atoms with van der Waals surface area (Å²) in [6, 6.07) is 21.4. The number of rotatable bonds is 4. The number of anilines is 1. The molecule has 4 nitrogen and oxygen atoms in total. The molecule has 3 N–H and O–H groups in total. The van der Waals surface area contributed by atoms with Crippen LogP contribution in [-0.2, 0) is 0 Å². The van der Waals surface area contributed by atoms with Gasteiger partial charge in [0.1, 0.15) is 11.8 Å². The molecular weight excluding hydrogens is 322 g/mol. The maximum atomic E-state index is 10.7. The highest BCUT2D eigenvalue weighted by molar-refractivity contribution is 5.85. The number of nitrogens with one attached hydrogen (secondary N) is 2. The van der Waals surface area contributed by atoms with Gasteiger partial charge in [0.2, 0.25) is 0 Å². The van der Waals surface area contributed by atoms with Crippen LogP contribution in [-0.4, -0.2) is 10.1 Å². The Morgan fingerprint density at radius 3 is 2.58 bits per heavy atom. The Hall–Kier alpha value is -3.40. The number of phenols is 1. The fraction of sp³-hybridized carbons (Fsp3) is 0.0909. The standard InChI is InChI=1S/C22H19N3O/c1-15-7-9-16(10-8-15)22(25-20-6-2-3-13-24-20)21-17-5-4-14-23-18(17)11-12-19(21)26/h2-14,22,26H,1H3,(H,24,25)/p+1/t22-/m1/s1. The van der Waals surface area contributed by atoms with Gasteiger partial charge in [-0.3, -0.25) is 10.3 Å². The minimum atomic E-state index is -0.220. The Labute approximate surface area is 152 Å². The first kappa shape index (κ1) is 16.1. The number of aromatic amines is 1. The number of fused-ring (bicyclic) bond motifs is 1. The number of pyridine rings is 2. The van der Waals surface area contributed by atoms with Gasteiger partial charge in [-0.15, -0.1) is 0 Å². The lowest BCUT2D eigenvalue weighted by Crippen LogP contribution is -2.19. The van der Waals surface area contributed by atoms with E-state index >= 15 is 0 Å². The molecule has 0 saturated heterocycles. The van der Waals surface area contributed by atoms with E-state index < -0.39 is 0 Å². The van der Waals surface area contributed by atoms with Gasteiger partial charge in [0.25, 0.3) is 5.82 Å². The first-order valence-corrected chi connectivity index (χ1v) is 8.59. The van der Waals surface area contributed by atoms with Crippen molar-refractivity contribution < 1.29 is 10.1 Å². The molecule has 0 fully saturated rings. The molecule has 0 saturated carbocycles. The van der Waals surface area contributed by atoms with Crippen molar-refractivity contribution in [1.29, 1.82) is 0 Å². The van der Waals surface area contributed by atoms with Crippen LogP contribution < -0.4 is 10.3 Å². The lowest BCUT2D eigenvalue weighted by Gasteiger charge is -2.19. The van der Waals surface area contributed by atoms with Crippen molar-refractivity contribution in [1.82, 2.24) is 4.98 Å². The molecule has 2 aromatic heterocycles. The number of aromatic nitrogens is 2. The molecule has 4 rings (SSSR count). The van der Waals surface area contributed by atoms with Crippen LogP contribution in [0.4, 0.5) is 5.82 Å². The summed E-state index contributed by atoms with van der Waals surface area (Å²) in [6.45, 7) is 2.07. The lowest BCUT2D eigenvalue weighted by molar-refractivity contribution is -0.361. The van der Waals surface area contributed by atoms with E-state index in [9.17, 15) is 5.11 Å². The van der Waals surface area contributed by atoms with E-state index in [0.29, 0.717) is 0 Å². The van der Waals surface area contributed by atoms with Crippen LogP contribution in [0.15, 0.2) is 79.1 Å². The third kappa shape index (κ3) is 3.09. The van der Waals surface area contributed by atoms with E-state index in [0.717, 1.165) is 27.8 Å². The van der Waals surface area contributed by atoms with Crippen molar-refractivity contribution in [3.8, 4) is 5.75 Å². The topological polar surface area (TPSA) is 59.3 Å². The average molecular weight is 342 g/mol. The second-order valence-electron chi connectivity index (χ2n) is 6.33. The maximum absolute atomic E-state index is 10.7. The summed E-state index contributed by atoms with van der Waals surface area (Å²) in [4.78, 5) is 7.64. The molecule has 0 spiro atoms. The summed E-state index contributed by atoms with van der Waals surface area (Å²) in [7, 11) is 0. The van der Waals surface area contributed by atoms with Gasteiger partial charge in [0.15, 0.2) is 0 Å². The van der Waals surface area contributed by atoms with E-state index in [1.54, 1.807) is 12.3 Å². The Morgan fingerprint density at radius 2 is 1.81 bits per heavy atom. The number of aryl methyl sites for hydroxylation is 1. The highest BCUT2D eigenvalue weighted by Crippen LogP contribution is 2.36. The molecule has 4 heteroatoms. The SMILES string of the molecule is Cc1ccc([C@@H](Nc2cccc[nH+]2)c2c(O)ccc3ncccc23)cc1. The molecule has 26 heavy (non-hydrogen) atoms. The van der Waals surface area contributed by atoms with Crippen LogP contribution in [0.2, 0.25) is 0 Å². The predicted octanol–water partition coefficient (Wildman–Crippen LogP) is 4.26. The predicted molar refractivity (Wildman–Crippen MR) is 103 cm³/mol. The first-order valence-electron chi connectivity index (χ1n) is 8.59. The van der Waals surface area contributed by atoms with E-state index in [1.807, 2.05) is 42.6 Å². The molecule has 0 bridgehead atoms. The van der Waals surface area contributed by atoms with E-state index in [4.69, 9.17) is 0 Å². The molecule has 0 aliphatic carbocycles. The van der Waals surface area contributed by atoms with Crippen molar-refractivity contribution in [2.24, 2.45) is 0 Å². The third-order valence-corrected chi connectivity index (χ3v) is 4.51. The molecule has 0 radical (unpaired) electrons. The van der Waals surface area contributed by atoms with Crippen molar-refractivity contribution in [3.05, 3.63) is 95.8 Å². The van der Waals surface area contributed by atoms with Crippen molar-refractivity contribution >= 4 is 16.7 Å². The average Bonchev–Trinajstić information content (AvgIpc) is 2.68. The molecule has 4 aromatic rings. The van der Waals surface area contributed by atoms with E-state index in [-0.39, 0.29) is 11.8 Å². The summed E-state index contributed by atoms with van der Waals surface area (Å²) < 4.78 is 0. The lowest BCUT2D eigenvalue weighted by atomic mass is 9.93. The number of benzene rings is 2. The van der Waals surface area contributed by atoms with E-state index in [1.165, 1.54) is 5.56 Å². The van der Waals surface area contributed by atoms with Crippen molar-refractivity contribution in [2.45, 2.75) is 13.0 Å². The summed E-state index contributed by atoms with van der Waals surface area (Å²) >= 11 is 0. The Morgan fingerprint density at radius 1 is 0.962 bits per heavy atom. The monoisotopic (exact) mass is 342 g/mol. The Kier molecular flexibility index (Phi) is 4.23. The maximum Gasteiger partial charge on any atom is 0.272 e. The smallest absolute Gasteiger partial charge is 0.272 e. The number of hydrogen-bond donors (Lipinski definition) is 2. The first-order chi connectivity index (χ1) is 12.7. The number of hydrogen-bond acceptors (Lipinski definition) is 3. The molecule has 1 atom stereocenters. The van der Waals surface area contributed by atoms with Gasteiger partial charge in [-0.25, -0.2) is 4.98 Å². The summed E-state index contributed by atoms with van der Waals surface area (Å²) in [6.07, 6.45) is 3.64. The number of H-pyrrole nitrogens is 1. The summed E-state index contributed by atoms with van der Waals surface area (Å²) in [5, 5.41) is 15.1. The van der Waals surface area contributed by atoms with Crippen LogP contribution >= 0.6 is 0 Å². The van der Waals surface area contributed by atoms with Gasteiger partial charge in [0.05, 0.1) is 17.3 Å². The number of phenolic OH excluding ortho intramolecular Hbond substituents is 1. The Bertz CT molecular complexity index is 1030. The highest BCUT2D eigenvalue weighted by atomic mass is 16.3. The highest BCUT2D eigenvalue weighted by Gasteiger charge is 2.25. The van der Waals surface area contributed by atoms with Crippen LogP contribution in [0.3, 0.4) is 0 Å². The quantitative estimate of drug-likeness (QED) is 0.582. The van der Waals surface area contributed by atoms with Gasteiger partial charge >= 0.3 is 0 Å². The zero-order chi connectivity index (χ0) is 17.9. The van der Waals surface area contributed by atoms with Crippen molar-refractivity contribution in [3.63, 3.8) is 0 Å². The van der Waals surface area contributed by atoms with Gasteiger partial charge in [0, 0.05) is 23.2 Å². The summed E-state index contributed by atoms with van der Waals surface area (Å²) in [5.41, 5.74) is 3.94. The molecular formula is C22H20N3O+. The normalized spacial score (nSPS) is 12.0. The fourth-order valence-corrected chi connectivity index (χ4v) is 3.19. The molecule has 128 valence electrons. The van der Waals surface area contributed by atoms with Gasteiger partial charge in [-0.05, 0) is 31.2 Å². The molecule has 0 aliphatic rings. The summed E-state index contributed by atoms with van der Waals surface area (Å²) in [5.74, 6) is 1.12. The van der Waals surface area contributed by atoms with E-state index in [2.05, 4.69) is 46.5 Å². The molecule has 0 aliphatic heterocycles. The van der Waals surface area contributed by atoms with Crippen LogP contribution in [0.5, 0.6) is 5.75 Å². The number of aromatic hydroxyl groups is 1. The van der Waals surface area contributed by atoms with Crippen molar-refractivity contribution in [2.75, 3.05) is 5.32 Å². The van der Waals surface area contributed by atoms with Gasteiger partial charge in [-0.2, -0.15) is 0 Å². The second-order valence-corrected chi connectivity index (χ2v) is 6.33. The second kappa shape index (κ2) is 6.84. The van der Waals surface area contributed by atoms with Gasteiger partial charge in [-0.1, -0.05) is 42.0 Å². The zero-order valence-electron chi connectivity index (χ0n) is 14.5. The fourth-order valence-electron chi connectivity index (χ4n) is 3.19. The van der Waals surface area contributed by atoms with Crippen LogP contribution in [0.25, 0.3) is 10.9 Å². The minimum absolute atomic E-state index is 0.220. The van der Waals surface area contributed by atoms with Crippen LogP contribution in [0, 0.1) is 6.92 Å². The molecule has 2 heterocycles. The van der Waals surface area contributed by atoms with Crippen LogP contribution in [0.1, 0.15) is 22.7 Å². The molecule has 0 amide bonds.